The van der Waals surface area contributed by atoms with Crippen LogP contribution in [0.15, 0.2) is 24.3 Å². The van der Waals surface area contributed by atoms with Gasteiger partial charge in [0.25, 0.3) is 0 Å². The lowest BCUT2D eigenvalue weighted by Crippen LogP contribution is -2.25. The van der Waals surface area contributed by atoms with Gasteiger partial charge >= 0.3 is 11.9 Å². The van der Waals surface area contributed by atoms with E-state index in [1.165, 1.54) is 6.42 Å². The van der Waals surface area contributed by atoms with Gasteiger partial charge < -0.3 is 10.2 Å². The predicted octanol–water partition coefficient (Wildman–Crippen LogP) is 6.57. The van der Waals surface area contributed by atoms with Gasteiger partial charge in [-0.1, -0.05) is 76.2 Å². The van der Waals surface area contributed by atoms with Gasteiger partial charge in [0.2, 0.25) is 0 Å². The Balaban J connectivity index is 2.25. The third-order valence-corrected chi connectivity index (χ3v) is 6.33. The fourth-order valence-electron chi connectivity index (χ4n) is 4.08. The Bertz CT molecular complexity index is 589. The average Bonchev–Trinajstić information content (AvgIpc) is 2.67. The number of carbonyl (C=O) groups is 3. The number of hydrogen-bond donors (Lipinski definition) is 2. The predicted molar refractivity (Wildman–Crippen MR) is 124 cm³/mol. The first-order valence-corrected chi connectivity index (χ1v) is 12.3. The van der Waals surface area contributed by atoms with Crippen molar-refractivity contribution in [1.82, 2.24) is 0 Å². The van der Waals surface area contributed by atoms with Crippen LogP contribution in [0.1, 0.15) is 103 Å². The Hall–Kier alpha value is -1.91. The number of carbonyl (C=O) groups excluding carboxylic acids is 1. The van der Waals surface area contributed by atoms with Gasteiger partial charge in [0.05, 0.1) is 12.3 Å². The van der Waals surface area contributed by atoms with E-state index in [2.05, 4.69) is 13.0 Å². The minimum atomic E-state index is -1.07. The molecule has 0 amide bonds. The molecule has 0 aromatic carbocycles. The van der Waals surface area contributed by atoms with Crippen molar-refractivity contribution in [2.45, 2.75) is 103 Å². The van der Waals surface area contributed by atoms with E-state index < -0.39 is 17.9 Å². The molecule has 1 rings (SSSR count). The van der Waals surface area contributed by atoms with Crippen LogP contribution >= 0.6 is 0 Å². The maximum atomic E-state index is 11.8. The molecule has 31 heavy (non-hydrogen) atoms. The van der Waals surface area contributed by atoms with Crippen molar-refractivity contribution in [1.29, 1.82) is 0 Å². The van der Waals surface area contributed by atoms with E-state index >= 15 is 0 Å². The third-order valence-electron chi connectivity index (χ3n) is 6.33. The number of unbranched alkanes of at least 4 members (excludes halogenated alkanes) is 7. The number of ketones is 1. The van der Waals surface area contributed by atoms with Crippen molar-refractivity contribution < 1.29 is 24.6 Å². The highest BCUT2D eigenvalue weighted by Gasteiger charge is 2.28. The van der Waals surface area contributed by atoms with Gasteiger partial charge in [-0.3, -0.25) is 14.4 Å². The Morgan fingerprint density at radius 3 is 2.26 bits per heavy atom. The van der Waals surface area contributed by atoms with Gasteiger partial charge in [-0.25, -0.2) is 0 Å². The van der Waals surface area contributed by atoms with Gasteiger partial charge in [0.15, 0.2) is 0 Å². The molecule has 1 aliphatic carbocycles. The van der Waals surface area contributed by atoms with Crippen molar-refractivity contribution in [3.63, 3.8) is 0 Å². The van der Waals surface area contributed by atoms with Crippen LogP contribution in [0.2, 0.25) is 0 Å². The molecule has 0 radical (unpaired) electrons. The Kier molecular flexibility index (Phi) is 14.6. The molecule has 2 atom stereocenters. The van der Waals surface area contributed by atoms with Crippen LogP contribution in [0.25, 0.3) is 0 Å². The molecule has 176 valence electrons. The minimum Gasteiger partial charge on any atom is -0.481 e. The van der Waals surface area contributed by atoms with Crippen LogP contribution in [-0.4, -0.2) is 27.9 Å². The smallest absolute Gasteiger partial charge is 0.307 e. The first-order chi connectivity index (χ1) is 15.0. The first-order valence-electron chi connectivity index (χ1n) is 12.3. The lowest BCUT2D eigenvalue weighted by molar-refractivity contribution is -0.149. The monoisotopic (exact) mass is 434 g/mol. The normalized spacial score (nSPS) is 16.4. The van der Waals surface area contributed by atoms with Crippen molar-refractivity contribution >= 4 is 17.7 Å². The molecule has 0 saturated heterocycles. The van der Waals surface area contributed by atoms with Gasteiger partial charge in [-0.15, -0.1) is 0 Å². The largest absolute Gasteiger partial charge is 0.481 e. The molecule has 1 saturated carbocycles. The first kappa shape index (κ1) is 27.1. The summed E-state index contributed by atoms with van der Waals surface area (Å²) in [5.74, 6) is -2.39. The maximum absolute atomic E-state index is 11.8. The van der Waals surface area contributed by atoms with Crippen LogP contribution in [-0.2, 0) is 14.4 Å². The van der Waals surface area contributed by atoms with Crippen LogP contribution < -0.4 is 0 Å². The fraction of sp³-hybridized carbons (Fsp3) is 0.731. The summed E-state index contributed by atoms with van der Waals surface area (Å²) in [4.78, 5) is 34.4. The summed E-state index contributed by atoms with van der Waals surface area (Å²) in [5.41, 5.74) is 0. The molecular formula is C26H42O5. The van der Waals surface area contributed by atoms with Crippen LogP contribution in [0.3, 0.4) is 0 Å². The average molecular weight is 435 g/mol. The molecular weight excluding hydrogens is 392 g/mol. The molecule has 0 aromatic rings. The van der Waals surface area contributed by atoms with Crippen molar-refractivity contribution in [2.24, 2.45) is 17.8 Å². The van der Waals surface area contributed by atoms with Crippen LogP contribution in [0.4, 0.5) is 0 Å². The summed E-state index contributed by atoms with van der Waals surface area (Å²) in [6, 6.07) is 0. The molecule has 1 fully saturated rings. The molecule has 5 heteroatoms. The molecule has 0 heterocycles. The van der Waals surface area contributed by atoms with Crippen LogP contribution in [0.5, 0.6) is 0 Å². The number of rotatable bonds is 19. The molecule has 1 aliphatic rings. The van der Waals surface area contributed by atoms with E-state index in [1.807, 2.05) is 18.2 Å². The third kappa shape index (κ3) is 12.5. The zero-order chi connectivity index (χ0) is 22.9. The quantitative estimate of drug-likeness (QED) is 0.177. The van der Waals surface area contributed by atoms with E-state index in [0.717, 1.165) is 77.0 Å². The highest BCUT2D eigenvalue weighted by atomic mass is 16.4. The highest BCUT2D eigenvalue weighted by molar-refractivity contribution is 5.81. The van der Waals surface area contributed by atoms with E-state index in [4.69, 9.17) is 5.11 Å². The topological polar surface area (TPSA) is 91.7 Å². The molecule has 0 aromatic heterocycles. The van der Waals surface area contributed by atoms with E-state index in [9.17, 15) is 19.5 Å². The van der Waals surface area contributed by atoms with Crippen molar-refractivity contribution in [3.8, 4) is 0 Å². The van der Waals surface area contributed by atoms with Gasteiger partial charge in [-0.05, 0) is 44.4 Å². The van der Waals surface area contributed by atoms with Crippen molar-refractivity contribution in [3.05, 3.63) is 24.3 Å². The molecule has 2 N–H and O–H groups in total. The summed E-state index contributed by atoms with van der Waals surface area (Å²) in [6.07, 6.45) is 21.9. The summed E-state index contributed by atoms with van der Waals surface area (Å²) in [6.45, 7) is 2.09. The molecule has 0 spiro atoms. The second kappa shape index (κ2) is 16.7. The van der Waals surface area contributed by atoms with Gasteiger partial charge in [-0.2, -0.15) is 0 Å². The Morgan fingerprint density at radius 2 is 1.65 bits per heavy atom. The second-order valence-electron chi connectivity index (χ2n) is 8.92. The van der Waals surface area contributed by atoms with E-state index in [1.54, 1.807) is 0 Å². The fourth-order valence-corrected chi connectivity index (χ4v) is 4.08. The summed E-state index contributed by atoms with van der Waals surface area (Å²) < 4.78 is 0. The maximum Gasteiger partial charge on any atom is 0.307 e. The number of Topliss-reactive ketones (excluding diaryl/α,β-unsaturated/α-hetero) is 1. The molecule has 0 aliphatic heterocycles. The number of carboxylic acid groups (broad SMARTS) is 2. The summed E-state index contributed by atoms with van der Waals surface area (Å²) in [7, 11) is 0. The zero-order valence-electron chi connectivity index (χ0n) is 19.3. The summed E-state index contributed by atoms with van der Waals surface area (Å²) in [5, 5.41) is 18.5. The number of allylic oxidation sites excluding steroid dienone is 4. The highest BCUT2D eigenvalue weighted by Crippen LogP contribution is 2.29. The lowest BCUT2D eigenvalue weighted by Gasteiger charge is -2.23. The zero-order valence-corrected chi connectivity index (χ0v) is 19.3. The SMILES string of the molecule is CCCCCC(/C=C/C=C\CCCCCCCC(=O)C1CCC1)C(CC(=O)O)C(=O)O. The second-order valence-corrected chi connectivity index (χ2v) is 8.92. The lowest BCUT2D eigenvalue weighted by atomic mass is 9.80. The standard InChI is InChI=1S/C26H42O5/c1-2-3-11-15-21(23(26(30)31)20-25(28)29)16-12-9-7-5-4-6-8-10-13-19-24(27)22-17-14-18-22/h7,9,12,16,21-23H,2-6,8,10-11,13-15,17-20H2,1H3,(H,28,29)(H,30,31)/b9-7-,16-12+. The molecule has 2 unspecified atom stereocenters. The summed E-state index contributed by atoms with van der Waals surface area (Å²) >= 11 is 0. The van der Waals surface area contributed by atoms with E-state index in [-0.39, 0.29) is 12.3 Å². The van der Waals surface area contributed by atoms with Gasteiger partial charge in [0.1, 0.15) is 5.78 Å². The number of carboxylic acids is 2. The molecule has 0 bridgehead atoms. The number of aliphatic carboxylic acids is 2. The Labute approximate surface area is 188 Å². The minimum absolute atomic E-state index is 0.257. The number of hydrogen-bond acceptors (Lipinski definition) is 3. The van der Waals surface area contributed by atoms with Crippen molar-refractivity contribution in [2.75, 3.05) is 0 Å². The Morgan fingerprint density at radius 1 is 0.935 bits per heavy atom. The van der Waals surface area contributed by atoms with Crippen LogP contribution in [0, 0.1) is 17.8 Å². The van der Waals surface area contributed by atoms with Gasteiger partial charge in [0, 0.05) is 12.3 Å². The molecule has 5 nitrogen and oxygen atoms in total. The van der Waals surface area contributed by atoms with E-state index in [0.29, 0.717) is 18.1 Å².